The van der Waals surface area contributed by atoms with Gasteiger partial charge in [-0.1, -0.05) is 13.3 Å². The van der Waals surface area contributed by atoms with E-state index in [0.717, 1.165) is 25.0 Å². The van der Waals surface area contributed by atoms with E-state index >= 15 is 0 Å². The fourth-order valence-electron chi connectivity index (χ4n) is 2.89. The lowest BCUT2D eigenvalue weighted by Crippen LogP contribution is -2.47. The molecule has 1 saturated heterocycles. The van der Waals surface area contributed by atoms with Crippen LogP contribution in [0.25, 0.3) is 0 Å². The van der Waals surface area contributed by atoms with E-state index in [4.69, 9.17) is 5.73 Å². The minimum atomic E-state index is -3.88. The van der Waals surface area contributed by atoms with E-state index < -0.39 is 25.9 Å². The van der Waals surface area contributed by atoms with E-state index in [1.807, 2.05) is 0 Å². The van der Waals surface area contributed by atoms with Crippen molar-refractivity contribution in [1.29, 1.82) is 0 Å². The summed E-state index contributed by atoms with van der Waals surface area (Å²) in [6.45, 7) is 2.24. The molecule has 0 bridgehead atoms. The lowest BCUT2D eigenvalue weighted by molar-refractivity contribution is 0.257. The number of sulfonamides is 2. The van der Waals surface area contributed by atoms with Gasteiger partial charge in [0, 0.05) is 19.1 Å². The monoisotopic (exact) mass is 429 g/mol. The molecule has 0 radical (unpaired) electrons. The number of hydrogen-bond donors (Lipinski definition) is 2. The molecule has 0 saturated carbocycles. The summed E-state index contributed by atoms with van der Waals surface area (Å²) in [6, 6.07) is 2.90. The van der Waals surface area contributed by atoms with E-state index in [0.29, 0.717) is 19.4 Å². The molecule has 1 atom stereocenters. The van der Waals surface area contributed by atoms with Gasteiger partial charge < -0.3 is 5.73 Å². The lowest BCUT2D eigenvalue weighted by Gasteiger charge is -2.33. The molecule has 1 aromatic carbocycles. The molecule has 11 heteroatoms. The highest BCUT2D eigenvalue weighted by molar-refractivity contribution is 7.92. The minimum absolute atomic E-state index is 0. The SMILES string of the molecule is CCCS(=O)(=O)Nc1ccc(S(=O)(=O)N2CCCCC2CN)cc1F.Cl. The molecule has 1 fully saturated rings. The van der Waals surface area contributed by atoms with Crippen molar-refractivity contribution >= 4 is 38.1 Å². The number of halogens is 2. The van der Waals surface area contributed by atoms with E-state index in [1.165, 1.54) is 10.4 Å². The van der Waals surface area contributed by atoms with Crippen LogP contribution in [0.15, 0.2) is 23.1 Å². The zero-order valence-electron chi connectivity index (χ0n) is 14.5. The maximum Gasteiger partial charge on any atom is 0.243 e. The van der Waals surface area contributed by atoms with E-state index in [-0.39, 0.29) is 41.3 Å². The summed E-state index contributed by atoms with van der Waals surface area (Å²) in [7, 11) is -7.54. The second kappa shape index (κ2) is 9.32. The highest BCUT2D eigenvalue weighted by Crippen LogP contribution is 2.27. The molecule has 0 spiro atoms. The first-order valence-electron chi connectivity index (χ1n) is 8.23. The number of piperidine rings is 1. The first-order valence-corrected chi connectivity index (χ1v) is 11.3. The fourth-order valence-corrected chi connectivity index (χ4v) is 5.74. The molecule has 1 aromatic rings. The fraction of sp³-hybridized carbons (Fsp3) is 0.600. The van der Waals surface area contributed by atoms with Gasteiger partial charge >= 0.3 is 0 Å². The number of nitrogens with one attached hydrogen (secondary N) is 1. The summed E-state index contributed by atoms with van der Waals surface area (Å²) >= 11 is 0. The lowest BCUT2D eigenvalue weighted by atomic mass is 10.1. The molecule has 26 heavy (non-hydrogen) atoms. The third-order valence-electron chi connectivity index (χ3n) is 4.13. The van der Waals surface area contributed by atoms with Crippen LogP contribution < -0.4 is 10.5 Å². The molecule has 7 nitrogen and oxygen atoms in total. The van der Waals surface area contributed by atoms with Crippen LogP contribution in [0.5, 0.6) is 0 Å². The summed E-state index contributed by atoms with van der Waals surface area (Å²) in [5.41, 5.74) is 5.40. The highest BCUT2D eigenvalue weighted by Gasteiger charge is 2.33. The molecule has 1 heterocycles. The summed E-state index contributed by atoms with van der Waals surface area (Å²) < 4.78 is 66.7. The maximum absolute atomic E-state index is 14.3. The Morgan fingerprint density at radius 1 is 1.27 bits per heavy atom. The van der Waals surface area contributed by atoms with Crippen molar-refractivity contribution in [3.63, 3.8) is 0 Å². The van der Waals surface area contributed by atoms with Gasteiger partial charge in [0.05, 0.1) is 16.3 Å². The number of benzene rings is 1. The average molecular weight is 430 g/mol. The number of nitrogens with two attached hydrogens (primary N) is 1. The van der Waals surface area contributed by atoms with Gasteiger partial charge in [-0.15, -0.1) is 12.4 Å². The van der Waals surface area contributed by atoms with Gasteiger partial charge in [-0.05, 0) is 37.5 Å². The smallest absolute Gasteiger partial charge is 0.243 e. The van der Waals surface area contributed by atoms with Crippen LogP contribution in [0, 0.1) is 5.82 Å². The Bertz CT molecular complexity index is 818. The van der Waals surface area contributed by atoms with Crippen LogP contribution in [0.1, 0.15) is 32.6 Å². The molecule has 2 rings (SSSR count). The van der Waals surface area contributed by atoms with Crippen LogP contribution in [0.4, 0.5) is 10.1 Å². The normalized spacial score (nSPS) is 19.0. The van der Waals surface area contributed by atoms with Crippen LogP contribution >= 0.6 is 12.4 Å². The first-order chi connectivity index (χ1) is 11.7. The zero-order chi connectivity index (χ0) is 18.7. The summed E-state index contributed by atoms with van der Waals surface area (Å²) in [4.78, 5) is -0.205. The molecular formula is C15H25ClFN3O4S2. The number of hydrogen-bond acceptors (Lipinski definition) is 5. The summed E-state index contributed by atoms with van der Waals surface area (Å²) in [5, 5.41) is 0. The second-order valence-corrected chi connectivity index (χ2v) is 9.80. The summed E-state index contributed by atoms with van der Waals surface area (Å²) in [5.74, 6) is -1.07. The molecule has 1 unspecified atom stereocenters. The van der Waals surface area contributed by atoms with Gasteiger partial charge in [0.15, 0.2) is 0 Å². The van der Waals surface area contributed by atoms with Gasteiger partial charge in [-0.2, -0.15) is 4.31 Å². The highest BCUT2D eigenvalue weighted by atomic mass is 35.5. The number of nitrogens with zero attached hydrogens (tertiary/aromatic N) is 1. The van der Waals surface area contributed by atoms with Gasteiger partial charge in [0.2, 0.25) is 20.0 Å². The molecule has 0 aliphatic carbocycles. The Morgan fingerprint density at radius 2 is 1.96 bits per heavy atom. The minimum Gasteiger partial charge on any atom is -0.329 e. The van der Waals surface area contributed by atoms with Crippen LogP contribution in [-0.4, -0.2) is 46.0 Å². The van der Waals surface area contributed by atoms with Gasteiger partial charge in [-0.3, -0.25) is 4.72 Å². The van der Waals surface area contributed by atoms with Crippen molar-refractivity contribution in [2.75, 3.05) is 23.6 Å². The van der Waals surface area contributed by atoms with Crippen LogP contribution in [-0.2, 0) is 20.0 Å². The van der Waals surface area contributed by atoms with Crippen molar-refractivity contribution in [1.82, 2.24) is 4.31 Å². The van der Waals surface area contributed by atoms with Gasteiger partial charge in [0.1, 0.15) is 5.82 Å². The predicted octanol–water partition coefficient (Wildman–Crippen LogP) is 1.90. The van der Waals surface area contributed by atoms with E-state index in [9.17, 15) is 21.2 Å². The first kappa shape index (κ1) is 23.1. The maximum atomic E-state index is 14.3. The Balaban J connectivity index is 0.00000338. The largest absolute Gasteiger partial charge is 0.329 e. The van der Waals surface area contributed by atoms with Crippen LogP contribution in [0.2, 0.25) is 0 Å². The van der Waals surface area contributed by atoms with Crippen molar-refractivity contribution in [2.45, 2.75) is 43.5 Å². The molecule has 0 aromatic heterocycles. The second-order valence-electron chi connectivity index (χ2n) is 6.06. The number of anilines is 1. The molecular weight excluding hydrogens is 405 g/mol. The topological polar surface area (TPSA) is 110 Å². The molecule has 1 aliphatic rings. The zero-order valence-corrected chi connectivity index (χ0v) is 17.0. The number of rotatable bonds is 7. The standard InChI is InChI=1S/C15H24FN3O4S2.ClH/c1-2-9-24(20,21)18-15-7-6-13(10-14(15)16)25(22,23)19-8-4-3-5-12(19)11-17;/h6-7,10,12,18H,2-5,8-9,11,17H2,1H3;1H. The van der Waals surface area contributed by atoms with Crippen LogP contribution in [0.3, 0.4) is 0 Å². The van der Waals surface area contributed by atoms with E-state index in [1.54, 1.807) is 6.92 Å². The molecule has 150 valence electrons. The van der Waals surface area contributed by atoms with Crippen molar-refractivity contribution in [2.24, 2.45) is 5.73 Å². The van der Waals surface area contributed by atoms with Gasteiger partial charge in [0.25, 0.3) is 0 Å². The average Bonchev–Trinajstić information content (AvgIpc) is 2.56. The quantitative estimate of drug-likeness (QED) is 0.687. The third kappa shape index (κ3) is 5.29. The Morgan fingerprint density at radius 3 is 2.54 bits per heavy atom. The molecule has 1 aliphatic heterocycles. The van der Waals surface area contributed by atoms with Crippen molar-refractivity contribution < 1.29 is 21.2 Å². The van der Waals surface area contributed by atoms with Gasteiger partial charge in [-0.25, -0.2) is 21.2 Å². The Hall–Kier alpha value is -0.940. The Kier molecular flexibility index (Phi) is 8.28. The molecule has 0 amide bonds. The summed E-state index contributed by atoms with van der Waals surface area (Å²) in [6.07, 6.45) is 2.69. The van der Waals surface area contributed by atoms with Crippen molar-refractivity contribution in [3.05, 3.63) is 24.0 Å². The molecule has 3 N–H and O–H groups in total. The predicted molar refractivity (Wildman–Crippen MR) is 102 cm³/mol. The Labute approximate surface area is 160 Å². The van der Waals surface area contributed by atoms with E-state index in [2.05, 4.69) is 4.72 Å². The third-order valence-corrected chi connectivity index (χ3v) is 7.56. The van der Waals surface area contributed by atoms with Crippen molar-refractivity contribution in [3.8, 4) is 0 Å².